The number of hydrogen-bond donors (Lipinski definition) is 3. The number of anilines is 1. The first-order chi connectivity index (χ1) is 15.1. The molecule has 1 amide bonds. The van der Waals surface area contributed by atoms with Crippen LogP contribution in [0, 0.1) is 5.92 Å². The lowest BCUT2D eigenvalue weighted by Crippen LogP contribution is -2.34. The van der Waals surface area contributed by atoms with Crippen molar-refractivity contribution in [2.75, 3.05) is 18.4 Å². The molecular weight excluding hydrogens is 448 g/mol. The van der Waals surface area contributed by atoms with E-state index >= 15 is 0 Å². The number of rotatable bonds is 4. The Morgan fingerprint density at radius 3 is 2.44 bits per heavy atom. The first-order valence-electron chi connectivity index (χ1n) is 10.3. The number of sulfone groups is 1. The zero-order valence-corrected chi connectivity index (χ0v) is 18.8. The van der Waals surface area contributed by atoms with E-state index in [4.69, 9.17) is 0 Å². The number of hydrogen-bond acceptors (Lipinski definition) is 5. The Morgan fingerprint density at radius 1 is 0.938 bits per heavy atom. The number of piperidine rings is 1. The van der Waals surface area contributed by atoms with Crippen LogP contribution in [0.15, 0.2) is 70.6 Å². The van der Waals surface area contributed by atoms with E-state index in [1.165, 1.54) is 0 Å². The average Bonchev–Trinajstić information content (AvgIpc) is 3.25. The molecule has 3 aromatic carbocycles. The largest absolute Gasteiger partial charge is 0.324 e. The lowest BCUT2D eigenvalue weighted by molar-refractivity contribution is -0.120. The number of aromatic amines is 1. The molecule has 9 heteroatoms. The smallest absolute Gasteiger partial charge is 0.227 e. The van der Waals surface area contributed by atoms with Gasteiger partial charge in [0.05, 0.1) is 10.6 Å². The third-order valence-corrected chi connectivity index (χ3v) is 7.61. The molecule has 32 heavy (non-hydrogen) atoms. The topological polar surface area (TPSA) is 104 Å². The molecule has 0 atom stereocenters. The van der Waals surface area contributed by atoms with Gasteiger partial charge in [-0.15, -0.1) is 12.4 Å². The molecule has 5 rings (SSSR count). The monoisotopic (exact) mass is 470 g/mol. The minimum atomic E-state index is -3.85. The summed E-state index contributed by atoms with van der Waals surface area (Å²) in [7, 11) is -3.85. The standard InChI is InChI=1S/C23H22N4O3S.ClH/c28-22(16-11-13-24-14-12-16)25-19-9-4-8-18-21(19)26-27-23(18)31(29,30)20-10-3-6-15-5-1-2-7-17(15)20;/h1-10,16,24H,11-14H2,(H,25,28)(H,26,27);1H. The molecule has 1 fully saturated rings. The summed E-state index contributed by atoms with van der Waals surface area (Å²) >= 11 is 0. The number of benzene rings is 3. The molecule has 1 aromatic heterocycles. The summed E-state index contributed by atoms with van der Waals surface area (Å²) in [5.74, 6) is -0.121. The Kier molecular flexibility index (Phi) is 6.19. The molecule has 0 spiro atoms. The Labute approximate surface area is 191 Å². The Bertz CT molecular complexity index is 1390. The Hall–Kier alpha value is -2.94. The molecular formula is C23H23ClN4O3S. The van der Waals surface area contributed by atoms with E-state index in [1.807, 2.05) is 24.3 Å². The highest BCUT2D eigenvalue weighted by atomic mass is 35.5. The molecule has 0 aliphatic carbocycles. The minimum absolute atomic E-state index is 0. The van der Waals surface area contributed by atoms with Crippen molar-refractivity contribution in [2.45, 2.75) is 22.8 Å². The van der Waals surface area contributed by atoms with Gasteiger partial charge >= 0.3 is 0 Å². The van der Waals surface area contributed by atoms with Crippen LogP contribution in [0.1, 0.15) is 12.8 Å². The lowest BCUT2D eigenvalue weighted by Gasteiger charge is -2.21. The average molecular weight is 471 g/mol. The zero-order valence-electron chi connectivity index (χ0n) is 17.2. The molecule has 1 aliphatic heterocycles. The number of nitrogens with zero attached hydrogens (tertiary/aromatic N) is 1. The Morgan fingerprint density at radius 2 is 1.62 bits per heavy atom. The summed E-state index contributed by atoms with van der Waals surface area (Å²) in [5.41, 5.74) is 0.945. The molecule has 7 nitrogen and oxygen atoms in total. The van der Waals surface area contributed by atoms with Crippen molar-refractivity contribution < 1.29 is 13.2 Å². The van der Waals surface area contributed by atoms with Gasteiger partial charge in [-0.3, -0.25) is 9.89 Å². The highest BCUT2D eigenvalue weighted by Gasteiger charge is 2.27. The molecule has 0 radical (unpaired) electrons. The summed E-state index contributed by atoms with van der Waals surface area (Å²) in [6.07, 6.45) is 1.56. The number of carbonyl (C=O) groups is 1. The number of fused-ring (bicyclic) bond motifs is 2. The van der Waals surface area contributed by atoms with E-state index in [9.17, 15) is 13.2 Å². The molecule has 166 valence electrons. The van der Waals surface area contributed by atoms with Crippen molar-refractivity contribution in [2.24, 2.45) is 5.92 Å². The first kappa shape index (κ1) is 22.3. The van der Waals surface area contributed by atoms with Crippen LogP contribution < -0.4 is 10.6 Å². The molecule has 3 N–H and O–H groups in total. The third kappa shape index (κ3) is 3.85. The number of H-pyrrole nitrogens is 1. The fraction of sp³-hybridized carbons (Fsp3) is 0.217. The number of aromatic nitrogens is 2. The second-order valence-electron chi connectivity index (χ2n) is 7.75. The van der Waals surface area contributed by atoms with Gasteiger partial charge in [0.1, 0.15) is 5.52 Å². The number of amides is 1. The second-order valence-corrected chi connectivity index (χ2v) is 9.60. The quantitative estimate of drug-likeness (QED) is 0.419. The van der Waals surface area contributed by atoms with Crippen LogP contribution >= 0.6 is 12.4 Å². The van der Waals surface area contributed by atoms with E-state index in [1.54, 1.807) is 36.4 Å². The van der Waals surface area contributed by atoms with Crippen LogP contribution in [0.25, 0.3) is 21.7 Å². The molecule has 0 unspecified atom stereocenters. The fourth-order valence-electron chi connectivity index (χ4n) is 4.18. The van der Waals surface area contributed by atoms with Crippen molar-refractivity contribution >= 4 is 55.5 Å². The summed E-state index contributed by atoms with van der Waals surface area (Å²) in [4.78, 5) is 12.9. The van der Waals surface area contributed by atoms with Crippen molar-refractivity contribution in [3.05, 3.63) is 60.7 Å². The van der Waals surface area contributed by atoms with Gasteiger partial charge < -0.3 is 10.6 Å². The van der Waals surface area contributed by atoms with Crippen LogP contribution in [-0.2, 0) is 14.6 Å². The van der Waals surface area contributed by atoms with E-state index in [0.29, 0.717) is 22.0 Å². The van der Waals surface area contributed by atoms with Crippen LogP contribution in [-0.4, -0.2) is 37.6 Å². The summed E-state index contributed by atoms with van der Waals surface area (Å²) in [6.45, 7) is 1.64. The van der Waals surface area contributed by atoms with Gasteiger partial charge in [0, 0.05) is 16.7 Å². The summed E-state index contributed by atoms with van der Waals surface area (Å²) in [6, 6.07) is 17.8. The van der Waals surface area contributed by atoms with Crippen molar-refractivity contribution in [1.82, 2.24) is 15.5 Å². The second kappa shape index (κ2) is 8.90. The van der Waals surface area contributed by atoms with Crippen molar-refractivity contribution in [3.63, 3.8) is 0 Å². The maximum absolute atomic E-state index is 13.5. The SMILES string of the molecule is Cl.O=C(Nc1cccc2c(S(=O)(=O)c3cccc4ccccc34)[nH]nc12)C1CCNCC1. The molecule has 1 aliphatic rings. The highest BCUT2D eigenvalue weighted by Crippen LogP contribution is 2.33. The molecule has 4 aromatic rings. The summed E-state index contributed by atoms with van der Waals surface area (Å²) < 4.78 is 27.1. The Balaban J connectivity index is 0.00000245. The van der Waals surface area contributed by atoms with Crippen molar-refractivity contribution in [1.29, 1.82) is 0 Å². The van der Waals surface area contributed by atoms with Crippen molar-refractivity contribution in [3.8, 4) is 0 Å². The van der Waals surface area contributed by atoms with Gasteiger partial charge in [0.25, 0.3) is 0 Å². The maximum Gasteiger partial charge on any atom is 0.227 e. The lowest BCUT2D eigenvalue weighted by atomic mass is 9.97. The van der Waals surface area contributed by atoms with Crippen LogP contribution in [0.4, 0.5) is 5.69 Å². The first-order valence-corrected chi connectivity index (χ1v) is 11.8. The van der Waals surface area contributed by atoms with Gasteiger partial charge in [-0.25, -0.2) is 8.42 Å². The molecule has 0 saturated carbocycles. The van der Waals surface area contributed by atoms with Gasteiger partial charge in [0.15, 0.2) is 5.03 Å². The minimum Gasteiger partial charge on any atom is -0.324 e. The van der Waals surface area contributed by atoms with E-state index in [0.717, 1.165) is 31.3 Å². The zero-order chi connectivity index (χ0) is 21.4. The van der Waals surface area contributed by atoms with Gasteiger partial charge in [-0.1, -0.05) is 42.5 Å². The number of nitrogens with one attached hydrogen (secondary N) is 3. The maximum atomic E-state index is 13.5. The third-order valence-electron chi connectivity index (χ3n) is 5.83. The number of para-hydroxylation sites is 1. The molecule has 2 heterocycles. The van der Waals surface area contributed by atoms with Crippen LogP contribution in [0.3, 0.4) is 0 Å². The fourth-order valence-corrected chi connectivity index (χ4v) is 5.75. The van der Waals surface area contributed by atoms with Crippen LogP contribution in [0.2, 0.25) is 0 Å². The van der Waals surface area contributed by atoms with E-state index in [2.05, 4.69) is 20.8 Å². The van der Waals surface area contributed by atoms with Gasteiger partial charge in [-0.2, -0.15) is 5.10 Å². The van der Waals surface area contributed by atoms with Gasteiger partial charge in [0.2, 0.25) is 15.7 Å². The normalized spacial score (nSPS) is 14.9. The number of carbonyl (C=O) groups excluding carboxylic acids is 1. The molecule has 0 bridgehead atoms. The van der Waals surface area contributed by atoms with E-state index in [-0.39, 0.29) is 34.2 Å². The van der Waals surface area contributed by atoms with E-state index < -0.39 is 9.84 Å². The highest BCUT2D eigenvalue weighted by molar-refractivity contribution is 7.91. The molecule has 1 saturated heterocycles. The summed E-state index contributed by atoms with van der Waals surface area (Å²) in [5, 5.41) is 15.1. The predicted molar refractivity (Wildman–Crippen MR) is 127 cm³/mol. The van der Waals surface area contributed by atoms with Gasteiger partial charge in [-0.05, 0) is 49.5 Å². The predicted octanol–water partition coefficient (Wildman–Crippen LogP) is 3.91. The number of halogens is 1. The van der Waals surface area contributed by atoms with Crippen LogP contribution in [0.5, 0.6) is 0 Å².